The molecule has 1 saturated heterocycles. The van der Waals surface area contributed by atoms with Gasteiger partial charge in [0.2, 0.25) is 11.9 Å². The Morgan fingerprint density at radius 2 is 1.83 bits per heavy atom. The number of carbonyl (C=O) groups is 1. The van der Waals surface area contributed by atoms with Gasteiger partial charge < -0.3 is 10.2 Å². The SMILES string of the molecule is O=C(CN1CCN(c2nccn2-c2cccc(Cl)c2)CC1)NCCc1ccccc1. The van der Waals surface area contributed by atoms with E-state index >= 15 is 0 Å². The summed E-state index contributed by atoms with van der Waals surface area (Å²) in [7, 11) is 0. The van der Waals surface area contributed by atoms with Crippen LogP contribution in [0.25, 0.3) is 5.69 Å². The van der Waals surface area contributed by atoms with E-state index in [-0.39, 0.29) is 5.91 Å². The zero-order chi connectivity index (χ0) is 20.8. The van der Waals surface area contributed by atoms with Gasteiger partial charge in [-0.2, -0.15) is 0 Å². The molecule has 1 N–H and O–H groups in total. The van der Waals surface area contributed by atoms with Crippen LogP contribution in [0.3, 0.4) is 0 Å². The Kier molecular flexibility index (Phi) is 6.67. The number of rotatable bonds is 7. The quantitative estimate of drug-likeness (QED) is 0.634. The van der Waals surface area contributed by atoms with Crippen LogP contribution in [-0.4, -0.2) is 59.6 Å². The molecule has 1 aliphatic heterocycles. The number of carbonyl (C=O) groups excluding carboxylic acids is 1. The van der Waals surface area contributed by atoms with Crippen LogP contribution in [0.4, 0.5) is 5.95 Å². The van der Waals surface area contributed by atoms with Crippen LogP contribution in [0.5, 0.6) is 0 Å². The maximum atomic E-state index is 12.3. The molecule has 156 valence electrons. The normalized spacial score (nSPS) is 14.6. The van der Waals surface area contributed by atoms with Crippen LogP contribution in [0.1, 0.15) is 5.56 Å². The number of halogens is 1. The maximum Gasteiger partial charge on any atom is 0.234 e. The summed E-state index contributed by atoms with van der Waals surface area (Å²) in [6.45, 7) is 4.41. The fourth-order valence-electron chi connectivity index (χ4n) is 3.71. The van der Waals surface area contributed by atoms with E-state index in [1.54, 1.807) is 0 Å². The lowest BCUT2D eigenvalue weighted by Gasteiger charge is -2.35. The third-order valence-corrected chi connectivity index (χ3v) is 5.54. The lowest BCUT2D eigenvalue weighted by molar-refractivity contribution is -0.122. The lowest BCUT2D eigenvalue weighted by Crippen LogP contribution is -2.50. The third kappa shape index (κ3) is 5.20. The highest BCUT2D eigenvalue weighted by atomic mass is 35.5. The molecule has 1 aromatic heterocycles. The fraction of sp³-hybridized carbons (Fsp3) is 0.304. The average molecular weight is 424 g/mol. The van der Waals surface area contributed by atoms with Crippen LogP contribution in [0.15, 0.2) is 67.0 Å². The molecular weight excluding hydrogens is 398 g/mol. The summed E-state index contributed by atoms with van der Waals surface area (Å²) >= 11 is 6.15. The van der Waals surface area contributed by atoms with Gasteiger partial charge in [-0.15, -0.1) is 0 Å². The standard InChI is InChI=1S/C23H26ClN5O/c24-20-7-4-8-21(17-20)29-12-11-26-23(29)28-15-13-27(14-16-28)18-22(30)25-10-9-19-5-2-1-3-6-19/h1-8,11-12,17H,9-10,13-16,18H2,(H,25,30). The van der Waals surface area contributed by atoms with Gasteiger partial charge in [-0.05, 0) is 30.2 Å². The molecule has 0 aliphatic carbocycles. The number of nitrogens with zero attached hydrogens (tertiary/aromatic N) is 4. The molecule has 7 heteroatoms. The Labute approximate surface area is 182 Å². The average Bonchev–Trinajstić information content (AvgIpc) is 3.25. The molecule has 1 fully saturated rings. The van der Waals surface area contributed by atoms with Gasteiger partial charge in [0.15, 0.2) is 0 Å². The number of amides is 1. The molecular formula is C23H26ClN5O. The van der Waals surface area contributed by atoms with Crippen molar-refractivity contribution >= 4 is 23.5 Å². The first kappa shape index (κ1) is 20.4. The van der Waals surface area contributed by atoms with Crippen LogP contribution >= 0.6 is 11.6 Å². The number of benzene rings is 2. The van der Waals surface area contributed by atoms with Crippen LogP contribution in [0.2, 0.25) is 5.02 Å². The van der Waals surface area contributed by atoms with E-state index in [9.17, 15) is 4.79 Å². The molecule has 2 aromatic carbocycles. The summed E-state index contributed by atoms with van der Waals surface area (Å²) in [4.78, 5) is 21.3. The van der Waals surface area contributed by atoms with Crippen molar-refractivity contribution in [3.8, 4) is 5.69 Å². The van der Waals surface area contributed by atoms with Gasteiger partial charge in [0.1, 0.15) is 0 Å². The number of aromatic nitrogens is 2. The Hall–Kier alpha value is -2.83. The molecule has 0 radical (unpaired) electrons. The summed E-state index contributed by atoms with van der Waals surface area (Å²) in [5.41, 5.74) is 2.23. The van der Waals surface area contributed by atoms with E-state index in [2.05, 4.69) is 36.8 Å². The van der Waals surface area contributed by atoms with E-state index in [4.69, 9.17) is 11.6 Å². The number of imidazole rings is 1. The second-order valence-corrected chi connectivity index (χ2v) is 7.86. The highest BCUT2D eigenvalue weighted by Crippen LogP contribution is 2.22. The van der Waals surface area contributed by atoms with E-state index in [0.29, 0.717) is 18.1 Å². The van der Waals surface area contributed by atoms with E-state index in [0.717, 1.165) is 44.2 Å². The van der Waals surface area contributed by atoms with Crippen molar-refractivity contribution < 1.29 is 4.79 Å². The number of anilines is 1. The van der Waals surface area contributed by atoms with Crippen molar-refractivity contribution in [3.63, 3.8) is 0 Å². The second kappa shape index (κ2) is 9.78. The molecule has 0 atom stereocenters. The first-order valence-electron chi connectivity index (χ1n) is 10.3. The monoisotopic (exact) mass is 423 g/mol. The van der Waals surface area contributed by atoms with Gasteiger partial charge in [0, 0.05) is 55.8 Å². The molecule has 30 heavy (non-hydrogen) atoms. The zero-order valence-electron chi connectivity index (χ0n) is 16.9. The summed E-state index contributed by atoms with van der Waals surface area (Å²) in [6, 6.07) is 18.0. The predicted molar refractivity (Wildman–Crippen MR) is 120 cm³/mol. The second-order valence-electron chi connectivity index (χ2n) is 7.43. The molecule has 4 rings (SSSR count). The lowest BCUT2D eigenvalue weighted by atomic mass is 10.1. The maximum absolute atomic E-state index is 12.3. The van der Waals surface area contributed by atoms with E-state index in [1.165, 1.54) is 5.56 Å². The molecule has 0 saturated carbocycles. The number of hydrogen-bond donors (Lipinski definition) is 1. The van der Waals surface area contributed by atoms with Crippen LogP contribution in [0, 0.1) is 0 Å². The Bertz CT molecular complexity index is 966. The highest BCUT2D eigenvalue weighted by Gasteiger charge is 2.22. The van der Waals surface area contributed by atoms with Crippen molar-refractivity contribution in [1.82, 2.24) is 19.8 Å². The van der Waals surface area contributed by atoms with Crippen LogP contribution < -0.4 is 10.2 Å². The van der Waals surface area contributed by atoms with Crippen molar-refractivity contribution in [2.24, 2.45) is 0 Å². The van der Waals surface area contributed by atoms with Gasteiger partial charge in [-0.1, -0.05) is 48.0 Å². The molecule has 0 bridgehead atoms. The van der Waals surface area contributed by atoms with E-state index < -0.39 is 0 Å². The largest absolute Gasteiger partial charge is 0.355 e. The summed E-state index contributed by atoms with van der Waals surface area (Å²) in [5, 5.41) is 3.73. The van der Waals surface area contributed by atoms with Gasteiger partial charge >= 0.3 is 0 Å². The number of hydrogen-bond acceptors (Lipinski definition) is 4. The Morgan fingerprint density at radius 1 is 1.03 bits per heavy atom. The number of nitrogens with one attached hydrogen (secondary N) is 1. The minimum absolute atomic E-state index is 0.0832. The first-order valence-corrected chi connectivity index (χ1v) is 10.6. The van der Waals surface area contributed by atoms with Crippen molar-refractivity contribution in [2.45, 2.75) is 6.42 Å². The Morgan fingerprint density at radius 3 is 2.60 bits per heavy atom. The van der Waals surface area contributed by atoms with Gasteiger partial charge in [0.05, 0.1) is 6.54 Å². The number of piperazine rings is 1. The molecule has 6 nitrogen and oxygen atoms in total. The molecule has 1 aliphatic rings. The topological polar surface area (TPSA) is 53.4 Å². The molecule has 0 unspecified atom stereocenters. The van der Waals surface area contributed by atoms with Gasteiger partial charge in [0.25, 0.3) is 0 Å². The molecule has 1 amide bonds. The third-order valence-electron chi connectivity index (χ3n) is 5.31. The highest BCUT2D eigenvalue weighted by molar-refractivity contribution is 6.30. The van der Waals surface area contributed by atoms with Crippen molar-refractivity contribution in [3.05, 3.63) is 77.6 Å². The Balaban J connectivity index is 1.25. The summed E-state index contributed by atoms with van der Waals surface area (Å²) < 4.78 is 2.05. The van der Waals surface area contributed by atoms with E-state index in [1.807, 2.05) is 54.9 Å². The zero-order valence-corrected chi connectivity index (χ0v) is 17.6. The summed E-state index contributed by atoms with van der Waals surface area (Å²) in [6.07, 6.45) is 4.61. The summed E-state index contributed by atoms with van der Waals surface area (Å²) in [5.74, 6) is 0.990. The van der Waals surface area contributed by atoms with Crippen molar-refractivity contribution in [2.75, 3.05) is 44.2 Å². The molecule has 3 aromatic rings. The van der Waals surface area contributed by atoms with Crippen LogP contribution in [-0.2, 0) is 11.2 Å². The predicted octanol–water partition coefficient (Wildman–Crippen LogP) is 3.01. The van der Waals surface area contributed by atoms with Gasteiger partial charge in [-0.25, -0.2) is 4.98 Å². The van der Waals surface area contributed by atoms with Gasteiger partial charge in [-0.3, -0.25) is 14.3 Å². The molecule has 0 spiro atoms. The fourth-order valence-corrected chi connectivity index (χ4v) is 3.90. The first-order chi connectivity index (χ1) is 14.7. The van der Waals surface area contributed by atoms with Crippen molar-refractivity contribution in [1.29, 1.82) is 0 Å². The minimum Gasteiger partial charge on any atom is -0.355 e. The smallest absolute Gasteiger partial charge is 0.234 e. The minimum atomic E-state index is 0.0832. The molecule has 2 heterocycles.